The smallest absolute Gasteiger partial charge is 0.316 e. The Hall–Kier alpha value is -1.64. The quantitative estimate of drug-likeness (QED) is 0.594. The van der Waals surface area contributed by atoms with Crippen LogP contribution >= 0.6 is 0 Å². The van der Waals surface area contributed by atoms with Crippen LogP contribution in [0.2, 0.25) is 0 Å². The van der Waals surface area contributed by atoms with Crippen molar-refractivity contribution in [2.45, 2.75) is 32.8 Å². The standard InChI is InChI=1S/C14H16O3/c1-9(10(2)15)14(16)17-13-8-7-11-5-3-4-6-12(11)13/h3-6,9,13H,7-8H2,1-2H3. The Morgan fingerprint density at radius 3 is 2.76 bits per heavy atom. The van der Waals surface area contributed by atoms with Gasteiger partial charge in [0.25, 0.3) is 0 Å². The highest BCUT2D eigenvalue weighted by Crippen LogP contribution is 2.34. The van der Waals surface area contributed by atoms with E-state index in [1.165, 1.54) is 12.5 Å². The van der Waals surface area contributed by atoms with Gasteiger partial charge in [0.15, 0.2) is 0 Å². The Balaban J connectivity index is 2.07. The third-order valence-corrected chi connectivity index (χ3v) is 3.30. The highest BCUT2D eigenvalue weighted by molar-refractivity contribution is 5.97. The zero-order valence-electron chi connectivity index (χ0n) is 10.1. The molecule has 2 atom stereocenters. The van der Waals surface area contributed by atoms with Gasteiger partial charge in [-0.05, 0) is 37.8 Å². The molecule has 0 radical (unpaired) electrons. The van der Waals surface area contributed by atoms with E-state index < -0.39 is 11.9 Å². The molecule has 0 amide bonds. The summed E-state index contributed by atoms with van der Waals surface area (Å²) in [5.41, 5.74) is 2.32. The van der Waals surface area contributed by atoms with Crippen molar-refractivity contribution in [2.75, 3.05) is 0 Å². The second-order valence-electron chi connectivity index (χ2n) is 4.50. The lowest BCUT2D eigenvalue weighted by atomic mass is 10.1. The molecule has 17 heavy (non-hydrogen) atoms. The maximum absolute atomic E-state index is 11.7. The number of esters is 1. The Kier molecular flexibility index (Phi) is 3.27. The van der Waals surface area contributed by atoms with Crippen molar-refractivity contribution in [1.82, 2.24) is 0 Å². The topological polar surface area (TPSA) is 43.4 Å². The molecule has 0 bridgehead atoms. The summed E-state index contributed by atoms with van der Waals surface area (Å²) in [6, 6.07) is 7.97. The second-order valence-corrected chi connectivity index (χ2v) is 4.50. The molecule has 0 saturated carbocycles. The lowest BCUT2D eigenvalue weighted by molar-refractivity contribution is -0.156. The molecule has 2 unspecified atom stereocenters. The molecule has 1 aliphatic rings. The molecule has 0 fully saturated rings. The first kappa shape index (κ1) is 11.8. The van der Waals surface area contributed by atoms with Gasteiger partial charge in [-0.3, -0.25) is 9.59 Å². The average Bonchev–Trinajstić information content (AvgIpc) is 2.71. The monoisotopic (exact) mass is 232 g/mol. The minimum Gasteiger partial charge on any atom is -0.457 e. The van der Waals surface area contributed by atoms with Gasteiger partial charge >= 0.3 is 5.97 Å². The van der Waals surface area contributed by atoms with E-state index in [2.05, 4.69) is 6.07 Å². The van der Waals surface area contributed by atoms with Gasteiger partial charge in [0.1, 0.15) is 17.8 Å². The van der Waals surface area contributed by atoms with Crippen LogP contribution in [0.4, 0.5) is 0 Å². The summed E-state index contributed by atoms with van der Waals surface area (Å²) in [5, 5.41) is 0. The molecular formula is C14H16O3. The fraction of sp³-hybridized carbons (Fsp3) is 0.429. The van der Waals surface area contributed by atoms with Crippen molar-refractivity contribution in [3.05, 3.63) is 35.4 Å². The number of carbonyl (C=O) groups is 2. The van der Waals surface area contributed by atoms with Crippen LogP contribution < -0.4 is 0 Å². The number of ether oxygens (including phenoxy) is 1. The van der Waals surface area contributed by atoms with E-state index in [1.807, 2.05) is 18.2 Å². The molecule has 1 aromatic carbocycles. The Bertz CT molecular complexity index is 451. The van der Waals surface area contributed by atoms with Crippen molar-refractivity contribution in [1.29, 1.82) is 0 Å². The van der Waals surface area contributed by atoms with Gasteiger partial charge in [0.05, 0.1) is 0 Å². The van der Waals surface area contributed by atoms with E-state index >= 15 is 0 Å². The second kappa shape index (κ2) is 4.70. The highest BCUT2D eigenvalue weighted by atomic mass is 16.5. The molecular weight excluding hydrogens is 216 g/mol. The predicted molar refractivity (Wildman–Crippen MR) is 63.4 cm³/mol. The summed E-state index contributed by atoms with van der Waals surface area (Å²) in [6.45, 7) is 3.00. The van der Waals surface area contributed by atoms with Crippen molar-refractivity contribution in [3.8, 4) is 0 Å². The number of ketones is 1. The Morgan fingerprint density at radius 1 is 1.35 bits per heavy atom. The minimum absolute atomic E-state index is 0.152. The number of Topliss-reactive ketones (excluding diaryl/α,β-unsaturated/α-hetero) is 1. The molecule has 0 aromatic heterocycles. The van der Waals surface area contributed by atoms with E-state index in [0.29, 0.717) is 0 Å². The number of carbonyl (C=O) groups excluding carboxylic acids is 2. The zero-order chi connectivity index (χ0) is 12.4. The van der Waals surface area contributed by atoms with E-state index in [4.69, 9.17) is 4.74 Å². The van der Waals surface area contributed by atoms with Crippen LogP contribution in [-0.2, 0) is 20.7 Å². The maximum Gasteiger partial charge on any atom is 0.316 e. The predicted octanol–water partition coefficient (Wildman–Crippen LogP) is 2.44. The molecule has 0 N–H and O–H groups in total. The van der Waals surface area contributed by atoms with Crippen molar-refractivity contribution < 1.29 is 14.3 Å². The van der Waals surface area contributed by atoms with Gasteiger partial charge in [-0.15, -0.1) is 0 Å². The van der Waals surface area contributed by atoms with Crippen LogP contribution in [0.25, 0.3) is 0 Å². The van der Waals surface area contributed by atoms with Crippen molar-refractivity contribution in [2.24, 2.45) is 5.92 Å². The van der Waals surface area contributed by atoms with Crippen LogP contribution in [0.3, 0.4) is 0 Å². The van der Waals surface area contributed by atoms with Crippen LogP contribution in [-0.4, -0.2) is 11.8 Å². The largest absolute Gasteiger partial charge is 0.457 e. The maximum atomic E-state index is 11.7. The number of rotatable bonds is 3. The van der Waals surface area contributed by atoms with Gasteiger partial charge in [-0.1, -0.05) is 24.3 Å². The molecule has 0 saturated heterocycles. The van der Waals surface area contributed by atoms with Crippen LogP contribution in [0, 0.1) is 5.92 Å². The number of hydrogen-bond acceptors (Lipinski definition) is 3. The third-order valence-electron chi connectivity index (χ3n) is 3.30. The van der Waals surface area contributed by atoms with E-state index in [9.17, 15) is 9.59 Å². The molecule has 0 heterocycles. The number of hydrogen-bond donors (Lipinski definition) is 0. The van der Waals surface area contributed by atoms with Gasteiger partial charge in [0, 0.05) is 0 Å². The fourth-order valence-electron chi connectivity index (χ4n) is 2.05. The normalized spacial score (nSPS) is 19.5. The first-order valence-electron chi connectivity index (χ1n) is 5.88. The summed E-state index contributed by atoms with van der Waals surface area (Å²) in [4.78, 5) is 22.8. The SMILES string of the molecule is CC(=O)C(C)C(=O)OC1CCc2ccccc21. The molecule has 90 valence electrons. The van der Waals surface area contributed by atoms with Gasteiger partial charge < -0.3 is 4.74 Å². The fourth-order valence-corrected chi connectivity index (χ4v) is 2.05. The molecule has 3 nitrogen and oxygen atoms in total. The minimum atomic E-state index is -0.664. The summed E-state index contributed by atoms with van der Waals surface area (Å²) in [7, 11) is 0. The Morgan fingerprint density at radius 2 is 2.06 bits per heavy atom. The van der Waals surface area contributed by atoms with Gasteiger partial charge in [-0.25, -0.2) is 0 Å². The molecule has 3 heteroatoms. The number of fused-ring (bicyclic) bond motifs is 1. The van der Waals surface area contributed by atoms with Gasteiger partial charge in [-0.2, -0.15) is 0 Å². The van der Waals surface area contributed by atoms with E-state index in [0.717, 1.165) is 18.4 Å². The Labute approximate surface area is 101 Å². The first-order valence-corrected chi connectivity index (χ1v) is 5.88. The molecule has 1 aliphatic carbocycles. The number of benzene rings is 1. The van der Waals surface area contributed by atoms with Crippen LogP contribution in [0.5, 0.6) is 0 Å². The average molecular weight is 232 g/mol. The lowest BCUT2D eigenvalue weighted by Crippen LogP contribution is -2.22. The highest BCUT2D eigenvalue weighted by Gasteiger charge is 2.28. The summed E-state index contributed by atoms with van der Waals surface area (Å²) in [6.07, 6.45) is 1.57. The van der Waals surface area contributed by atoms with Crippen molar-refractivity contribution >= 4 is 11.8 Å². The molecule has 0 aliphatic heterocycles. The van der Waals surface area contributed by atoms with E-state index in [1.54, 1.807) is 6.92 Å². The van der Waals surface area contributed by atoms with Gasteiger partial charge in [0.2, 0.25) is 0 Å². The molecule has 0 spiro atoms. The number of aryl methyl sites for hydroxylation is 1. The molecule has 1 aromatic rings. The van der Waals surface area contributed by atoms with Crippen LogP contribution in [0.15, 0.2) is 24.3 Å². The summed E-state index contributed by atoms with van der Waals surface area (Å²) in [5.74, 6) is -1.23. The zero-order valence-corrected chi connectivity index (χ0v) is 10.1. The van der Waals surface area contributed by atoms with E-state index in [-0.39, 0.29) is 11.9 Å². The third kappa shape index (κ3) is 2.38. The molecule has 2 rings (SSSR count). The van der Waals surface area contributed by atoms with Crippen molar-refractivity contribution in [3.63, 3.8) is 0 Å². The summed E-state index contributed by atoms with van der Waals surface area (Å²) < 4.78 is 5.40. The lowest BCUT2D eigenvalue weighted by Gasteiger charge is -2.15. The first-order chi connectivity index (χ1) is 8.09. The summed E-state index contributed by atoms with van der Waals surface area (Å²) >= 11 is 0. The van der Waals surface area contributed by atoms with Crippen LogP contribution in [0.1, 0.15) is 37.5 Å².